The van der Waals surface area contributed by atoms with Gasteiger partial charge in [-0.2, -0.15) is 5.26 Å². The maximum atomic E-state index is 12.7. The number of nitriles is 1. The van der Waals surface area contributed by atoms with Gasteiger partial charge in [0, 0.05) is 25.2 Å². The minimum absolute atomic E-state index is 0.160. The topological polar surface area (TPSA) is 82.4 Å². The number of carbonyl (C=O) groups excluding carboxylic acids is 2. The van der Waals surface area contributed by atoms with Crippen molar-refractivity contribution in [2.45, 2.75) is 32.4 Å². The first-order valence-electron chi connectivity index (χ1n) is 7.56. The van der Waals surface area contributed by atoms with E-state index in [0.29, 0.717) is 30.8 Å². The first kappa shape index (κ1) is 17.0. The molecule has 1 atom stereocenters. The van der Waals surface area contributed by atoms with Crippen LogP contribution in [0.3, 0.4) is 0 Å². The maximum absolute atomic E-state index is 12.7. The fourth-order valence-electron chi connectivity index (χ4n) is 2.38. The number of hydrogen-bond acceptors (Lipinski definition) is 5. The van der Waals surface area contributed by atoms with Crippen LogP contribution in [0.25, 0.3) is 0 Å². The predicted octanol–water partition coefficient (Wildman–Crippen LogP) is 1.95. The predicted molar refractivity (Wildman–Crippen MR) is 85.1 cm³/mol. The number of benzene rings is 1. The molecule has 1 heterocycles. The number of rotatable bonds is 2. The van der Waals surface area contributed by atoms with Crippen molar-refractivity contribution in [1.29, 1.82) is 5.26 Å². The molecule has 0 radical (unpaired) electrons. The molecule has 0 saturated carbocycles. The number of Topliss-reactive ketones (excluding diaryl/α,β-unsaturated/α-hetero) is 1. The van der Waals surface area contributed by atoms with Crippen LogP contribution in [0, 0.1) is 11.3 Å². The summed E-state index contributed by atoms with van der Waals surface area (Å²) in [4.78, 5) is 26.5. The first-order valence-corrected chi connectivity index (χ1v) is 7.56. The van der Waals surface area contributed by atoms with Crippen molar-refractivity contribution >= 4 is 11.9 Å². The SMILES string of the molecule is CC(C)(C)OC(=O)N1CCNCC1C(=O)c1ccc(C#N)cc1. The lowest BCUT2D eigenvalue weighted by molar-refractivity contribution is 0.0125. The molecule has 1 N–H and O–H groups in total. The van der Waals surface area contributed by atoms with Crippen LogP contribution < -0.4 is 5.32 Å². The summed E-state index contributed by atoms with van der Waals surface area (Å²) >= 11 is 0. The Labute approximate surface area is 136 Å². The van der Waals surface area contributed by atoms with Gasteiger partial charge in [-0.25, -0.2) is 4.79 Å². The Kier molecular flexibility index (Phi) is 5.02. The summed E-state index contributed by atoms with van der Waals surface area (Å²) in [6.45, 7) is 6.82. The molecule has 0 bridgehead atoms. The van der Waals surface area contributed by atoms with Crippen LogP contribution in [0.1, 0.15) is 36.7 Å². The van der Waals surface area contributed by atoms with Gasteiger partial charge in [0.1, 0.15) is 11.6 Å². The van der Waals surface area contributed by atoms with E-state index in [0.717, 1.165) is 0 Å². The third-order valence-electron chi connectivity index (χ3n) is 3.47. The Morgan fingerprint density at radius 1 is 1.30 bits per heavy atom. The van der Waals surface area contributed by atoms with Crippen LogP contribution in [-0.2, 0) is 4.74 Å². The molecule has 0 spiro atoms. The van der Waals surface area contributed by atoms with E-state index in [2.05, 4.69) is 5.32 Å². The van der Waals surface area contributed by atoms with Crippen molar-refractivity contribution in [3.8, 4) is 6.07 Å². The zero-order chi connectivity index (χ0) is 17.0. The van der Waals surface area contributed by atoms with Crippen LogP contribution in [0.4, 0.5) is 4.79 Å². The van der Waals surface area contributed by atoms with E-state index in [4.69, 9.17) is 10.00 Å². The largest absolute Gasteiger partial charge is 0.444 e. The molecule has 1 fully saturated rings. The lowest BCUT2D eigenvalue weighted by Gasteiger charge is -2.36. The number of carbonyl (C=O) groups is 2. The molecule has 1 aromatic rings. The minimum atomic E-state index is -0.607. The Morgan fingerprint density at radius 3 is 2.52 bits per heavy atom. The minimum Gasteiger partial charge on any atom is -0.444 e. The lowest BCUT2D eigenvalue weighted by Crippen LogP contribution is -2.57. The second-order valence-electron chi connectivity index (χ2n) is 6.45. The molecule has 122 valence electrons. The number of ketones is 1. The number of hydrogen-bond donors (Lipinski definition) is 1. The molecule has 0 aliphatic carbocycles. The summed E-state index contributed by atoms with van der Waals surface area (Å²) in [5, 5.41) is 12.0. The second-order valence-corrected chi connectivity index (χ2v) is 6.45. The van der Waals surface area contributed by atoms with E-state index < -0.39 is 17.7 Å². The van der Waals surface area contributed by atoms with Gasteiger partial charge < -0.3 is 10.1 Å². The molecule has 1 aromatic carbocycles. The van der Waals surface area contributed by atoms with Gasteiger partial charge >= 0.3 is 6.09 Å². The van der Waals surface area contributed by atoms with Gasteiger partial charge in [0.15, 0.2) is 5.78 Å². The maximum Gasteiger partial charge on any atom is 0.411 e. The van der Waals surface area contributed by atoms with Gasteiger partial charge in [-0.05, 0) is 32.9 Å². The van der Waals surface area contributed by atoms with Crippen LogP contribution in [0.15, 0.2) is 24.3 Å². The quantitative estimate of drug-likeness (QED) is 0.844. The standard InChI is InChI=1S/C17H21N3O3/c1-17(2,3)23-16(22)20-9-8-19-11-14(20)15(21)13-6-4-12(10-18)5-7-13/h4-7,14,19H,8-9,11H2,1-3H3. The summed E-state index contributed by atoms with van der Waals surface area (Å²) in [6, 6.07) is 7.84. The summed E-state index contributed by atoms with van der Waals surface area (Å²) in [5.41, 5.74) is 0.364. The average molecular weight is 315 g/mol. The third-order valence-corrected chi connectivity index (χ3v) is 3.47. The van der Waals surface area contributed by atoms with E-state index in [9.17, 15) is 9.59 Å². The highest BCUT2D eigenvalue weighted by atomic mass is 16.6. The summed E-state index contributed by atoms with van der Waals surface area (Å²) in [7, 11) is 0. The zero-order valence-electron chi connectivity index (χ0n) is 13.6. The molecule has 23 heavy (non-hydrogen) atoms. The highest BCUT2D eigenvalue weighted by molar-refractivity contribution is 6.01. The second kappa shape index (κ2) is 6.80. The molecule has 1 aliphatic heterocycles. The number of amides is 1. The fraction of sp³-hybridized carbons (Fsp3) is 0.471. The molecule has 6 heteroatoms. The van der Waals surface area contributed by atoms with Gasteiger partial charge in [0.05, 0.1) is 11.6 Å². The number of nitrogens with zero attached hydrogens (tertiary/aromatic N) is 2. The average Bonchev–Trinajstić information content (AvgIpc) is 2.52. The Morgan fingerprint density at radius 2 is 1.96 bits per heavy atom. The Bertz CT molecular complexity index is 626. The fourth-order valence-corrected chi connectivity index (χ4v) is 2.38. The highest BCUT2D eigenvalue weighted by Gasteiger charge is 2.35. The van der Waals surface area contributed by atoms with Crippen LogP contribution >= 0.6 is 0 Å². The number of nitrogens with one attached hydrogen (secondary N) is 1. The van der Waals surface area contributed by atoms with Gasteiger partial charge in [-0.1, -0.05) is 12.1 Å². The Hall–Kier alpha value is -2.39. The van der Waals surface area contributed by atoms with E-state index in [-0.39, 0.29) is 5.78 Å². The monoisotopic (exact) mass is 315 g/mol. The smallest absolute Gasteiger partial charge is 0.411 e. The number of piperazine rings is 1. The summed E-state index contributed by atoms with van der Waals surface area (Å²) < 4.78 is 5.39. The Balaban J connectivity index is 2.18. The molecule has 6 nitrogen and oxygen atoms in total. The molecule has 0 aromatic heterocycles. The molecular formula is C17H21N3O3. The van der Waals surface area contributed by atoms with Crippen molar-refractivity contribution in [3.63, 3.8) is 0 Å². The molecular weight excluding hydrogens is 294 g/mol. The molecule has 1 aliphatic rings. The summed E-state index contributed by atoms with van der Waals surface area (Å²) in [5.74, 6) is -0.160. The van der Waals surface area contributed by atoms with Crippen molar-refractivity contribution in [2.24, 2.45) is 0 Å². The third kappa shape index (κ3) is 4.30. The van der Waals surface area contributed by atoms with Gasteiger partial charge in [-0.15, -0.1) is 0 Å². The summed E-state index contributed by atoms with van der Waals surface area (Å²) in [6.07, 6.45) is -0.481. The van der Waals surface area contributed by atoms with E-state index in [1.807, 2.05) is 6.07 Å². The molecule has 1 unspecified atom stereocenters. The number of ether oxygens (including phenoxy) is 1. The van der Waals surface area contributed by atoms with Crippen LogP contribution in [0.2, 0.25) is 0 Å². The molecule has 1 saturated heterocycles. The molecule has 2 rings (SSSR count). The van der Waals surface area contributed by atoms with Crippen LogP contribution in [-0.4, -0.2) is 48.1 Å². The van der Waals surface area contributed by atoms with Crippen molar-refractivity contribution in [1.82, 2.24) is 10.2 Å². The molecule has 1 amide bonds. The van der Waals surface area contributed by atoms with Gasteiger partial charge in [0.2, 0.25) is 0 Å². The first-order chi connectivity index (χ1) is 10.8. The lowest BCUT2D eigenvalue weighted by atomic mass is 10.0. The van der Waals surface area contributed by atoms with E-state index in [1.54, 1.807) is 45.0 Å². The zero-order valence-corrected chi connectivity index (χ0v) is 13.6. The van der Waals surface area contributed by atoms with Gasteiger partial charge in [-0.3, -0.25) is 9.69 Å². The van der Waals surface area contributed by atoms with Crippen molar-refractivity contribution in [3.05, 3.63) is 35.4 Å². The van der Waals surface area contributed by atoms with Crippen LogP contribution in [0.5, 0.6) is 0 Å². The van der Waals surface area contributed by atoms with Crippen molar-refractivity contribution in [2.75, 3.05) is 19.6 Å². The highest BCUT2D eigenvalue weighted by Crippen LogP contribution is 2.16. The van der Waals surface area contributed by atoms with Gasteiger partial charge in [0.25, 0.3) is 0 Å². The van der Waals surface area contributed by atoms with E-state index in [1.165, 1.54) is 4.90 Å². The van der Waals surface area contributed by atoms with E-state index >= 15 is 0 Å². The normalized spacial score (nSPS) is 18.2. The van der Waals surface area contributed by atoms with Crippen molar-refractivity contribution < 1.29 is 14.3 Å².